The van der Waals surface area contributed by atoms with E-state index in [0.717, 1.165) is 24.5 Å². The van der Waals surface area contributed by atoms with Gasteiger partial charge in [-0.1, -0.05) is 23.7 Å². The highest BCUT2D eigenvalue weighted by molar-refractivity contribution is 6.30. The highest BCUT2D eigenvalue weighted by Gasteiger charge is 2.29. The van der Waals surface area contributed by atoms with Crippen molar-refractivity contribution in [2.24, 2.45) is 0 Å². The van der Waals surface area contributed by atoms with Crippen LogP contribution in [0.4, 0.5) is 10.1 Å². The molecule has 1 saturated carbocycles. The minimum atomic E-state index is -1.32. The van der Waals surface area contributed by atoms with Crippen molar-refractivity contribution in [3.05, 3.63) is 105 Å². The summed E-state index contributed by atoms with van der Waals surface area (Å²) in [5.41, 5.74) is 1.53. The van der Waals surface area contributed by atoms with Gasteiger partial charge in [0.25, 0.3) is 5.91 Å². The maximum atomic E-state index is 15.3. The van der Waals surface area contributed by atoms with Crippen molar-refractivity contribution in [1.82, 2.24) is 9.47 Å². The maximum absolute atomic E-state index is 15.3. The Morgan fingerprint density at radius 2 is 1.66 bits per heavy atom. The predicted octanol–water partition coefficient (Wildman–Crippen LogP) is 1.13. The fourth-order valence-corrected chi connectivity index (χ4v) is 5.37. The number of anilines is 1. The Hall–Kier alpha value is -3.76. The van der Waals surface area contributed by atoms with Gasteiger partial charge in [-0.15, -0.1) is 0 Å². The minimum Gasteiger partial charge on any atom is -1.00 e. The summed E-state index contributed by atoms with van der Waals surface area (Å²) in [5, 5.41) is 10.2. The lowest BCUT2D eigenvalue weighted by Gasteiger charge is -2.36. The number of benzene rings is 2. The largest absolute Gasteiger partial charge is 1.00 e. The summed E-state index contributed by atoms with van der Waals surface area (Å²) in [6.45, 7) is 2.36. The summed E-state index contributed by atoms with van der Waals surface area (Å²) in [5.74, 6) is -1.98. The van der Waals surface area contributed by atoms with E-state index in [2.05, 4.69) is 0 Å². The molecule has 0 bridgehead atoms. The number of carboxylic acid groups (broad SMARTS) is 1. The molecule has 8 nitrogen and oxygen atoms in total. The van der Waals surface area contributed by atoms with Crippen LogP contribution in [0, 0.1) is 5.82 Å². The van der Waals surface area contributed by atoms with E-state index in [1.807, 2.05) is 46.1 Å². The lowest BCUT2D eigenvalue weighted by atomic mass is 10.1. The van der Waals surface area contributed by atoms with Gasteiger partial charge in [0.15, 0.2) is 18.9 Å². The predicted molar refractivity (Wildman–Crippen MR) is 149 cm³/mol. The molecule has 1 aliphatic carbocycles. The zero-order chi connectivity index (χ0) is 28.0. The number of fused-ring (bicyclic) bond motifs is 1. The van der Waals surface area contributed by atoms with Crippen molar-refractivity contribution >= 4 is 40.1 Å². The molecule has 0 atom stereocenters. The van der Waals surface area contributed by atoms with Crippen molar-refractivity contribution < 1.29 is 40.6 Å². The van der Waals surface area contributed by atoms with Gasteiger partial charge in [-0.3, -0.25) is 9.59 Å². The van der Waals surface area contributed by atoms with Gasteiger partial charge in [-0.2, -0.15) is 0 Å². The zero-order valence-electron chi connectivity index (χ0n) is 22.0. The molecule has 2 fully saturated rings. The summed E-state index contributed by atoms with van der Waals surface area (Å²) in [6, 6.07) is 14.1. The van der Waals surface area contributed by atoms with Gasteiger partial charge in [0.05, 0.1) is 16.8 Å². The molecule has 6 rings (SSSR count). The van der Waals surface area contributed by atoms with Gasteiger partial charge < -0.3 is 36.5 Å². The number of amides is 1. The van der Waals surface area contributed by atoms with Gasteiger partial charge in [0.2, 0.25) is 5.43 Å². The first kappa shape index (κ1) is 28.8. The van der Waals surface area contributed by atoms with Crippen molar-refractivity contribution in [2.75, 3.05) is 31.1 Å². The molecule has 0 spiro atoms. The van der Waals surface area contributed by atoms with Crippen LogP contribution in [0.2, 0.25) is 5.02 Å². The number of carboxylic acids is 1. The molecule has 2 aromatic heterocycles. The number of carbonyl (C=O) groups is 2. The van der Waals surface area contributed by atoms with Crippen molar-refractivity contribution in [2.45, 2.75) is 25.4 Å². The fourth-order valence-electron chi connectivity index (χ4n) is 5.25. The topological polar surface area (TPSA) is 86.7 Å². The van der Waals surface area contributed by atoms with Crippen LogP contribution >= 0.6 is 11.6 Å². The van der Waals surface area contributed by atoms with Crippen molar-refractivity contribution in [3.8, 4) is 0 Å². The second-order valence-electron chi connectivity index (χ2n) is 10.3. The van der Waals surface area contributed by atoms with Gasteiger partial charge in [-0.25, -0.2) is 13.8 Å². The van der Waals surface area contributed by atoms with Crippen LogP contribution in [0.3, 0.4) is 0 Å². The quantitative estimate of drug-likeness (QED) is 0.319. The average molecular weight is 642 g/mol. The molecule has 1 saturated heterocycles. The first-order valence-corrected chi connectivity index (χ1v) is 13.6. The number of carbonyl (C=O) groups excluding carboxylic acids is 1. The normalized spacial score (nSPS) is 15.1. The summed E-state index contributed by atoms with van der Waals surface area (Å²) in [7, 11) is 0. The zero-order valence-corrected chi connectivity index (χ0v) is 24.3. The number of piperazine rings is 1. The lowest BCUT2D eigenvalue weighted by molar-refractivity contribution is -0.688. The summed E-state index contributed by atoms with van der Waals surface area (Å²) < 4.78 is 19.0. The van der Waals surface area contributed by atoms with E-state index in [-0.39, 0.29) is 39.9 Å². The molecule has 2 aliphatic rings. The standard InChI is InChI=1S/C30H26ClFN4O4.BrH/c31-21-3-1-19(2-4-21)17-33-9-7-20(8-10-33)29(38)35-13-11-34(12-14-35)27-16-26-23(15-25(27)32)28(37)24(30(39)40)18-36(26)22-5-6-22;/h1-4,7-10,15-16,18,22H,5-6,11-14,17H2;1H. The Labute approximate surface area is 251 Å². The van der Waals surface area contributed by atoms with Crippen LogP contribution in [-0.4, -0.2) is 52.6 Å². The summed E-state index contributed by atoms with van der Waals surface area (Å²) in [6.07, 6.45) is 6.88. The molecule has 212 valence electrons. The molecule has 1 N–H and O–H groups in total. The number of hydrogen-bond donors (Lipinski definition) is 1. The second kappa shape index (κ2) is 11.6. The second-order valence-corrected chi connectivity index (χ2v) is 10.7. The lowest BCUT2D eigenvalue weighted by Crippen LogP contribution is -3.00. The van der Waals surface area contributed by atoms with Crippen molar-refractivity contribution in [1.29, 1.82) is 0 Å². The number of nitrogens with zero attached hydrogens (tertiary/aromatic N) is 4. The first-order valence-electron chi connectivity index (χ1n) is 13.2. The summed E-state index contributed by atoms with van der Waals surface area (Å²) in [4.78, 5) is 41.1. The van der Waals surface area contributed by atoms with Gasteiger partial charge in [0.1, 0.15) is 11.4 Å². The fraction of sp³-hybridized carbons (Fsp3) is 0.267. The van der Waals surface area contributed by atoms with E-state index in [1.54, 1.807) is 27.7 Å². The van der Waals surface area contributed by atoms with Gasteiger partial charge >= 0.3 is 5.97 Å². The third-order valence-electron chi connectivity index (χ3n) is 7.60. The van der Waals surface area contributed by atoms with E-state index in [1.165, 1.54) is 6.20 Å². The third kappa shape index (κ3) is 5.85. The van der Waals surface area contributed by atoms with Gasteiger partial charge in [0, 0.05) is 66.5 Å². The number of rotatable bonds is 6. The van der Waals surface area contributed by atoms with E-state index in [4.69, 9.17) is 11.6 Å². The third-order valence-corrected chi connectivity index (χ3v) is 7.85. The molecular weight excluding hydrogens is 615 g/mol. The average Bonchev–Trinajstić information content (AvgIpc) is 3.80. The highest BCUT2D eigenvalue weighted by atomic mass is 79.9. The number of aromatic carboxylic acids is 1. The smallest absolute Gasteiger partial charge is 0.341 e. The molecule has 3 heterocycles. The Morgan fingerprint density at radius 1 is 1.00 bits per heavy atom. The van der Waals surface area contributed by atoms with Crippen LogP contribution in [0.1, 0.15) is 45.2 Å². The van der Waals surface area contributed by atoms with Crippen LogP contribution in [-0.2, 0) is 6.54 Å². The number of aromatic nitrogens is 2. The van der Waals surface area contributed by atoms with Crippen LogP contribution in [0.5, 0.6) is 0 Å². The molecule has 11 heteroatoms. The van der Waals surface area contributed by atoms with E-state index in [9.17, 15) is 19.5 Å². The van der Waals surface area contributed by atoms with Crippen LogP contribution in [0.15, 0.2) is 71.9 Å². The highest BCUT2D eigenvalue weighted by Crippen LogP contribution is 2.38. The van der Waals surface area contributed by atoms with E-state index < -0.39 is 17.2 Å². The maximum Gasteiger partial charge on any atom is 0.341 e. The van der Waals surface area contributed by atoms with Crippen LogP contribution in [0.25, 0.3) is 10.9 Å². The Bertz CT molecular complexity index is 1680. The molecule has 0 radical (unpaired) electrons. The van der Waals surface area contributed by atoms with E-state index >= 15 is 4.39 Å². The summed E-state index contributed by atoms with van der Waals surface area (Å²) >= 11 is 5.96. The monoisotopic (exact) mass is 640 g/mol. The number of pyridine rings is 2. The molecule has 41 heavy (non-hydrogen) atoms. The molecular formula is C30H27BrClFN4O4. The molecule has 1 aliphatic heterocycles. The van der Waals surface area contributed by atoms with E-state index in [0.29, 0.717) is 54.5 Å². The number of hydrogen-bond acceptors (Lipinski definition) is 4. The number of halogens is 3. The van der Waals surface area contributed by atoms with Gasteiger partial charge in [-0.05, 0) is 37.1 Å². The minimum absolute atomic E-state index is 0. The molecule has 0 unspecified atom stereocenters. The molecule has 1 amide bonds. The molecule has 4 aromatic rings. The molecule has 2 aromatic carbocycles. The Morgan fingerprint density at radius 3 is 2.27 bits per heavy atom. The van der Waals surface area contributed by atoms with Crippen molar-refractivity contribution in [3.63, 3.8) is 0 Å². The SMILES string of the molecule is O=C(O)c1cn(C2CC2)c2cc(N3CCN(C(=O)c4cc[n+](Cc5ccc(Cl)cc5)cc4)CC3)c(F)cc2c1=O.[Br-]. The van der Waals surface area contributed by atoms with Crippen LogP contribution < -0.4 is 31.9 Å². The first-order chi connectivity index (χ1) is 19.3. The Kier molecular flexibility index (Phi) is 8.15. The Balaban J connectivity index is 0.00000337.